The van der Waals surface area contributed by atoms with Crippen molar-refractivity contribution in [2.45, 2.75) is 37.8 Å². The number of sulfonamides is 1. The molecular formula is C27H32N2O3S2. The Balaban J connectivity index is 1.59. The largest absolute Gasteiger partial charge is 0.354 e. The number of rotatable bonds is 11. The van der Waals surface area contributed by atoms with Gasteiger partial charge in [-0.15, -0.1) is 0 Å². The molecule has 7 heteroatoms. The average molecular weight is 497 g/mol. The molecule has 1 amide bonds. The molecule has 0 radical (unpaired) electrons. The third kappa shape index (κ3) is 7.11. The third-order valence-electron chi connectivity index (χ3n) is 5.57. The van der Waals surface area contributed by atoms with Gasteiger partial charge in [0.15, 0.2) is 0 Å². The maximum absolute atomic E-state index is 13.4. The van der Waals surface area contributed by atoms with Crippen molar-refractivity contribution in [2.24, 2.45) is 0 Å². The summed E-state index contributed by atoms with van der Waals surface area (Å²) < 4.78 is 27.9. The van der Waals surface area contributed by atoms with Crippen LogP contribution in [0.4, 0.5) is 5.69 Å². The third-order valence-corrected chi connectivity index (χ3v) is 8.48. The minimum atomic E-state index is -3.88. The van der Waals surface area contributed by atoms with Crippen LogP contribution in [0.3, 0.4) is 0 Å². The monoisotopic (exact) mass is 496 g/mol. The molecule has 0 saturated heterocycles. The minimum absolute atomic E-state index is 0.161. The summed E-state index contributed by atoms with van der Waals surface area (Å²) in [5.41, 5.74) is 5.05. The zero-order valence-electron chi connectivity index (χ0n) is 20.0. The van der Waals surface area contributed by atoms with E-state index in [2.05, 4.69) is 36.5 Å². The number of nitrogens with one attached hydrogen (secondary N) is 1. The standard InChI is InChI=1S/C27H32N2O3S2/c1-21-10-13-24(14-11-21)20-33-17-7-16-28-27(30)19-29(25-15-12-22(2)23(3)18-25)34(31,32)26-8-5-4-6-9-26/h4-6,8-15,18H,7,16-17,19-20H2,1-3H3,(H,28,30). The van der Waals surface area contributed by atoms with Crippen LogP contribution in [0.1, 0.15) is 28.7 Å². The van der Waals surface area contributed by atoms with E-state index in [1.807, 2.05) is 37.7 Å². The molecule has 0 spiro atoms. The predicted octanol–water partition coefficient (Wildman–Crippen LogP) is 5.25. The molecule has 3 aromatic carbocycles. The summed E-state index contributed by atoms with van der Waals surface area (Å²) >= 11 is 1.82. The molecule has 3 rings (SSSR count). The molecule has 0 bridgehead atoms. The topological polar surface area (TPSA) is 66.5 Å². The summed E-state index contributed by atoms with van der Waals surface area (Å²) in [6.45, 7) is 6.22. The second-order valence-electron chi connectivity index (χ2n) is 8.33. The van der Waals surface area contributed by atoms with E-state index in [-0.39, 0.29) is 17.3 Å². The highest BCUT2D eigenvalue weighted by Crippen LogP contribution is 2.25. The van der Waals surface area contributed by atoms with Gasteiger partial charge in [0.1, 0.15) is 6.54 Å². The van der Waals surface area contributed by atoms with Gasteiger partial charge in [-0.05, 0) is 73.9 Å². The Labute approximate surface area is 207 Å². The van der Waals surface area contributed by atoms with Gasteiger partial charge in [-0.25, -0.2) is 8.42 Å². The maximum atomic E-state index is 13.4. The molecule has 34 heavy (non-hydrogen) atoms. The first kappa shape index (κ1) is 25.8. The van der Waals surface area contributed by atoms with Gasteiger partial charge in [0.25, 0.3) is 10.0 Å². The van der Waals surface area contributed by atoms with E-state index in [9.17, 15) is 13.2 Å². The molecule has 1 N–H and O–H groups in total. The van der Waals surface area contributed by atoms with Crippen molar-refractivity contribution < 1.29 is 13.2 Å². The molecule has 5 nitrogen and oxygen atoms in total. The van der Waals surface area contributed by atoms with Crippen molar-refractivity contribution in [1.29, 1.82) is 0 Å². The molecule has 3 aromatic rings. The summed E-state index contributed by atoms with van der Waals surface area (Å²) in [5, 5.41) is 2.88. The van der Waals surface area contributed by atoms with E-state index in [0.29, 0.717) is 12.2 Å². The number of hydrogen-bond donors (Lipinski definition) is 1. The summed E-state index contributed by atoms with van der Waals surface area (Å²) in [5.74, 6) is 1.53. The predicted molar refractivity (Wildman–Crippen MR) is 142 cm³/mol. The molecule has 0 atom stereocenters. The molecule has 0 aromatic heterocycles. The van der Waals surface area contributed by atoms with E-state index < -0.39 is 10.0 Å². The van der Waals surface area contributed by atoms with Gasteiger partial charge in [0.2, 0.25) is 5.91 Å². The van der Waals surface area contributed by atoms with Crippen molar-refractivity contribution >= 4 is 33.4 Å². The Morgan fingerprint density at radius 1 is 0.912 bits per heavy atom. The van der Waals surface area contributed by atoms with Gasteiger partial charge in [0, 0.05) is 12.3 Å². The van der Waals surface area contributed by atoms with Crippen LogP contribution in [0.15, 0.2) is 77.7 Å². The minimum Gasteiger partial charge on any atom is -0.354 e. The summed E-state index contributed by atoms with van der Waals surface area (Å²) in [6, 6.07) is 22.2. The fourth-order valence-corrected chi connectivity index (χ4v) is 5.73. The molecule has 0 aliphatic carbocycles. The van der Waals surface area contributed by atoms with Gasteiger partial charge < -0.3 is 5.32 Å². The number of carbonyl (C=O) groups is 1. The van der Waals surface area contributed by atoms with E-state index in [1.54, 1.807) is 36.4 Å². The number of nitrogens with zero attached hydrogens (tertiary/aromatic N) is 1. The maximum Gasteiger partial charge on any atom is 0.264 e. The van der Waals surface area contributed by atoms with Crippen LogP contribution in [-0.4, -0.2) is 33.2 Å². The van der Waals surface area contributed by atoms with Crippen LogP contribution in [0.25, 0.3) is 0 Å². The first-order valence-electron chi connectivity index (χ1n) is 11.3. The van der Waals surface area contributed by atoms with Gasteiger partial charge in [-0.3, -0.25) is 9.10 Å². The lowest BCUT2D eigenvalue weighted by molar-refractivity contribution is -0.119. The highest BCUT2D eigenvalue weighted by atomic mass is 32.2. The highest BCUT2D eigenvalue weighted by molar-refractivity contribution is 7.98. The number of aryl methyl sites for hydroxylation is 3. The molecule has 180 valence electrons. The second kappa shape index (κ2) is 12.1. The van der Waals surface area contributed by atoms with Crippen LogP contribution in [0.2, 0.25) is 0 Å². The normalized spacial score (nSPS) is 11.3. The van der Waals surface area contributed by atoms with Gasteiger partial charge in [0.05, 0.1) is 10.6 Å². The lowest BCUT2D eigenvalue weighted by Gasteiger charge is -2.25. The molecular weight excluding hydrogens is 464 g/mol. The van der Waals surface area contributed by atoms with Crippen LogP contribution in [0.5, 0.6) is 0 Å². The SMILES string of the molecule is Cc1ccc(CSCCCNC(=O)CN(c2ccc(C)c(C)c2)S(=O)(=O)c2ccccc2)cc1. The fraction of sp³-hybridized carbons (Fsp3) is 0.296. The summed E-state index contributed by atoms with van der Waals surface area (Å²) in [7, 11) is -3.88. The number of anilines is 1. The fourth-order valence-electron chi connectivity index (χ4n) is 3.38. The van der Waals surface area contributed by atoms with Gasteiger partial charge >= 0.3 is 0 Å². The Bertz CT molecular complexity index is 1190. The number of thioether (sulfide) groups is 1. The van der Waals surface area contributed by atoms with E-state index in [1.165, 1.54) is 15.4 Å². The first-order valence-corrected chi connectivity index (χ1v) is 13.9. The van der Waals surface area contributed by atoms with Crippen molar-refractivity contribution in [3.63, 3.8) is 0 Å². The van der Waals surface area contributed by atoms with Crippen molar-refractivity contribution in [1.82, 2.24) is 5.32 Å². The first-order chi connectivity index (χ1) is 16.3. The molecule has 0 aliphatic heterocycles. The zero-order valence-corrected chi connectivity index (χ0v) is 21.6. The van der Waals surface area contributed by atoms with Crippen molar-refractivity contribution in [3.8, 4) is 0 Å². The lowest BCUT2D eigenvalue weighted by atomic mass is 10.1. The number of benzene rings is 3. The summed E-state index contributed by atoms with van der Waals surface area (Å²) in [6.07, 6.45) is 0.817. The second-order valence-corrected chi connectivity index (χ2v) is 11.3. The molecule has 0 heterocycles. The Hall–Kier alpha value is -2.77. The van der Waals surface area contributed by atoms with Crippen LogP contribution in [-0.2, 0) is 20.6 Å². The van der Waals surface area contributed by atoms with Crippen LogP contribution < -0.4 is 9.62 Å². The smallest absolute Gasteiger partial charge is 0.264 e. The number of amides is 1. The Morgan fingerprint density at radius 3 is 2.29 bits per heavy atom. The zero-order chi connectivity index (χ0) is 24.6. The summed E-state index contributed by atoms with van der Waals surface area (Å²) in [4.78, 5) is 12.9. The lowest BCUT2D eigenvalue weighted by Crippen LogP contribution is -2.41. The quantitative estimate of drug-likeness (QED) is 0.368. The molecule has 0 fully saturated rings. The molecule has 0 aliphatic rings. The van der Waals surface area contributed by atoms with Gasteiger partial charge in [-0.1, -0.05) is 54.1 Å². The van der Waals surface area contributed by atoms with E-state index >= 15 is 0 Å². The average Bonchev–Trinajstić information content (AvgIpc) is 2.83. The molecule has 0 saturated carbocycles. The van der Waals surface area contributed by atoms with Crippen molar-refractivity contribution in [2.75, 3.05) is 23.1 Å². The van der Waals surface area contributed by atoms with E-state index in [4.69, 9.17) is 0 Å². The highest BCUT2D eigenvalue weighted by Gasteiger charge is 2.27. The van der Waals surface area contributed by atoms with Gasteiger partial charge in [-0.2, -0.15) is 11.8 Å². The van der Waals surface area contributed by atoms with Crippen molar-refractivity contribution in [3.05, 3.63) is 95.1 Å². The number of hydrogen-bond acceptors (Lipinski definition) is 4. The van der Waals surface area contributed by atoms with E-state index in [0.717, 1.165) is 29.1 Å². The van der Waals surface area contributed by atoms with Crippen LogP contribution >= 0.6 is 11.8 Å². The molecule has 0 unspecified atom stereocenters. The number of carbonyl (C=O) groups excluding carboxylic acids is 1. The Morgan fingerprint density at radius 2 is 1.62 bits per heavy atom. The Kier molecular flexibility index (Phi) is 9.19. The van der Waals surface area contributed by atoms with Crippen LogP contribution in [0, 0.1) is 20.8 Å².